The number of carbonyl (C=O) groups is 10. The van der Waals surface area contributed by atoms with Crippen LogP contribution in [0.15, 0.2) is 42.5 Å². The second-order valence-corrected chi connectivity index (χ2v) is 26.4. The van der Waals surface area contributed by atoms with E-state index in [4.69, 9.17) is 23.7 Å². The van der Waals surface area contributed by atoms with Crippen molar-refractivity contribution in [2.75, 3.05) is 32.7 Å². The molecule has 1 heterocycles. The Morgan fingerprint density at radius 1 is 0.568 bits per heavy atom. The van der Waals surface area contributed by atoms with Crippen LogP contribution in [-0.2, 0) is 60.5 Å². The van der Waals surface area contributed by atoms with Crippen LogP contribution in [0.5, 0.6) is 5.75 Å². The number of rotatable bonds is 22. The van der Waals surface area contributed by atoms with Crippen molar-refractivity contribution in [3.63, 3.8) is 0 Å². The molecule has 0 spiro atoms. The van der Waals surface area contributed by atoms with Gasteiger partial charge >= 0.3 is 30.5 Å². The Bertz CT molecular complexity index is 2720. The van der Waals surface area contributed by atoms with Gasteiger partial charge in [0.1, 0.15) is 57.9 Å². The molecule has 12 N–H and O–H groups in total. The summed E-state index contributed by atoms with van der Waals surface area (Å²) in [7, 11) is 0. The third kappa shape index (κ3) is 31.0. The number of phenolic OH excluding ortho intramolecular Hbond substituents is 1. The SMILES string of the molecule is CC(C)(C)OC(=O)NCCC[C@H](NC(=O)[C@@H]1Cc2cccc(c2)-c2ccc(O)c(c2)C[C@H](NC(=O)OC(C)(C)C)C(=O)N[C@@H](C[C@@H](O)CNC(=O)OC(C)(C)C)C(=O)N1)C(=O)NCCC[C@@H](CC(=O)NCCNC(=O)OC(C)(C)C)NC(=O)OC(C)(C)C. The molecule has 0 aromatic heterocycles. The predicted molar refractivity (Wildman–Crippen MR) is 325 cm³/mol. The molecule has 1 aliphatic rings. The van der Waals surface area contributed by atoms with E-state index in [-0.39, 0.29) is 82.4 Å². The number of hydrogen-bond donors (Lipinski definition) is 12. The summed E-state index contributed by atoms with van der Waals surface area (Å²) in [6.07, 6.45) is -6.49. The fourth-order valence-electron chi connectivity index (χ4n) is 8.49. The molecule has 0 radical (unpaired) electrons. The molecule has 27 heteroatoms. The largest absolute Gasteiger partial charge is 0.508 e. The van der Waals surface area contributed by atoms with Crippen molar-refractivity contribution in [2.45, 2.75) is 220 Å². The van der Waals surface area contributed by atoms with E-state index in [0.717, 1.165) is 0 Å². The van der Waals surface area contributed by atoms with Crippen LogP contribution in [-0.4, -0.2) is 167 Å². The van der Waals surface area contributed by atoms with Crippen LogP contribution in [0.4, 0.5) is 24.0 Å². The van der Waals surface area contributed by atoms with E-state index in [1.807, 2.05) is 0 Å². The van der Waals surface area contributed by atoms with E-state index in [0.29, 0.717) is 16.7 Å². The zero-order valence-electron chi connectivity index (χ0n) is 53.7. The van der Waals surface area contributed by atoms with Gasteiger partial charge in [-0.15, -0.1) is 0 Å². The second-order valence-electron chi connectivity index (χ2n) is 26.4. The summed E-state index contributed by atoms with van der Waals surface area (Å²) in [5.41, 5.74) is -2.41. The number of hydrogen-bond acceptors (Lipinski definition) is 17. The predicted octanol–water partition coefficient (Wildman–Crippen LogP) is 4.91. The van der Waals surface area contributed by atoms with E-state index in [1.165, 1.54) is 6.07 Å². The van der Waals surface area contributed by atoms with Gasteiger partial charge in [-0.05, 0) is 164 Å². The maximum absolute atomic E-state index is 14.9. The summed E-state index contributed by atoms with van der Waals surface area (Å²) in [4.78, 5) is 135. The van der Waals surface area contributed by atoms with Crippen molar-refractivity contribution in [2.24, 2.45) is 0 Å². The Morgan fingerprint density at radius 3 is 1.69 bits per heavy atom. The Balaban J connectivity index is 2.03. The summed E-state index contributed by atoms with van der Waals surface area (Å²) >= 11 is 0. The molecule has 88 heavy (non-hydrogen) atoms. The van der Waals surface area contributed by atoms with Crippen LogP contribution in [0, 0.1) is 0 Å². The lowest BCUT2D eigenvalue weighted by atomic mass is 9.95. The van der Waals surface area contributed by atoms with Gasteiger partial charge in [0, 0.05) is 64.4 Å². The van der Waals surface area contributed by atoms with Crippen LogP contribution < -0.4 is 53.2 Å². The molecule has 6 atom stereocenters. The number of phenols is 1. The maximum atomic E-state index is 14.9. The molecule has 2 aromatic rings. The van der Waals surface area contributed by atoms with Gasteiger partial charge in [0.2, 0.25) is 29.5 Å². The van der Waals surface area contributed by atoms with Crippen molar-refractivity contribution < 1.29 is 81.8 Å². The Morgan fingerprint density at radius 2 is 1.09 bits per heavy atom. The fourth-order valence-corrected chi connectivity index (χ4v) is 8.49. The highest BCUT2D eigenvalue weighted by molar-refractivity contribution is 5.96. The highest BCUT2D eigenvalue weighted by atomic mass is 16.6. The number of aliphatic hydroxyl groups excluding tert-OH is 1. The first kappa shape index (κ1) is 74.2. The lowest BCUT2D eigenvalue weighted by molar-refractivity contribution is -0.134. The topological polar surface area (TPSA) is 378 Å². The van der Waals surface area contributed by atoms with Gasteiger partial charge in [-0.3, -0.25) is 24.0 Å². The highest BCUT2D eigenvalue weighted by Gasteiger charge is 2.35. The molecule has 0 unspecified atom stereocenters. The quantitative estimate of drug-likeness (QED) is 0.0550. The summed E-state index contributed by atoms with van der Waals surface area (Å²) in [6.45, 7) is 24.6. The molecule has 0 aliphatic carbocycles. The van der Waals surface area contributed by atoms with Crippen molar-refractivity contribution in [3.05, 3.63) is 53.6 Å². The van der Waals surface area contributed by atoms with Crippen LogP contribution >= 0.6 is 0 Å². The molecule has 10 amide bonds. The molecule has 492 valence electrons. The first-order chi connectivity index (χ1) is 40.6. The van der Waals surface area contributed by atoms with E-state index in [1.54, 1.807) is 140 Å². The van der Waals surface area contributed by atoms with Crippen LogP contribution in [0.2, 0.25) is 0 Å². The zero-order chi connectivity index (χ0) is 66.4. The van der Waals surface area contributed by atoms with Gasteiger partial charge in [0.15, 0.2) is 0 Å². The monoisotopic (exact) mass is 1240 g/mol. The standard InChI is InChI=1S/C61H96N10O17/c1-57(2,3)84-52(79)64-26-18-22-42(48(75)63-25-17-21-40(67-55(82)87-60(10,11)12)33-47(74)62-27-28-65-53(80)85-58(4,5)6)68-49(76)43-30-36-19-16-20-37(29-36)38-23-24-46(73)39(31-38)32-44(71-56(83)88-61(13,14)15)50(77)70-45(51(78)69-43)34-41(72)35-66-54(81)86-59(7,8)9/h16,19-20,23-24,29,31,40-45,72-73H,17-18,21-22,25-28,30,32-35H2,1-15H3,(H,62,74)(H,63,75)(H,64,79)(H,65,80)(H,66,81)(H,67,82)(H,68,76)(H,69,78)(H,70,77)(H,71,83)/t40-,41+,42-,43-,44-,45-/m0/s1. The first-order valence-electron chi connectivity index (χ1n) is 29.6. The Hall–Kier alpha value is -8.10. The number of ether oxygens (including phenoxy) is 5. The number of aromatic hydroxyl groups is 1. The Kier molecular flexibility index (Phi) is 28.1. The average Bonchev–Trinajstić information content (AvgIpc) is 1.42. The molecular formula is C61H96N10O17. The number of amides is 10. The minimum Gasteiger partial charge on any atom is -0.508 e. The van der Waals surface area contributed by atoms with Gasteiger partial charge in [0.05, 0.1) is 6.10 Å². The third-order valence-electron chi connectivity index (χ3n) is 12.1. The number of aliphatic hydroxyl groups is 1. The lowest BCUT2D eigenvalue weighted by Crippen LogP contribution is -2.59. The third-order valence-corrected chi connectivity index (χ3v) is 12.1. The van der Waals surface area contributed by atoms with Gasteiger partial charge in [0.25, 0.3) is 0 Å². The summed E-state index contributed by atoms with van der Waals surface area (Å²) < 4.78 is 26.8. The second kappa shape index (κ2) is 33.3. The van der Waals surface area contributed by atoms with E-state index in [2.05, 4.69) is 53.2 Å². The van der Waals surface area contributed by atoms with Crippen molar-refractivity contribution in [1.29, 1.82) is 0 Å². The van der Waals surface area contributed by atoms with E-state index >= 15 is 0 Å². The number of nitrogens with one attached hydrogen (secondary N) is 10. The molecule has 27 nitrogen and oxygen atoms in total. The number of alkyl carbamates (subject to hydrolysis) is 5. The highest BCUT2D eigenvalue weighted by Crippen LogP contribution is 2.29. The normalized spacial score (nSPS) is 16.8. The van der Waals surface area contributed by atoms with E-state index < -0.39 is 137 Å². The Labute approximate surface area is 516 Å². The van der Waals surface area contributed by atoms with Gasteiger partial charge < -0.3 is 87.1 Å². The van der Waals surface area contributed by atoms with Crippen molar-refractivity contribution >= 4 is 60.0 Å². The first-order valence-corrected chi connectivity index (χ1v) is 29.6. The summed E-state index contributed by atoms with van der Waals surface area (Å²) in [6, 6.07) is 4.77. The maximum Gasteiger partial charge on any atom is 0.408 e. The van der Waals surface area contributed by atoms with Crippen LogP contribution in [0.1, 0.15) is 154 Å². The zero-order valence-corrected chi connectivity index (χ0v) is 53.7. The minimum atomic E-state index is -1.68. The molecule has 0 saturated carbocycles. The summed E-state index contributed by atoms with van der Waals surface area (Å²) in [5, 5.41) is 48.9. The molecular weight excluding hydrogens is 1140 g/mol. The number of fused-ring (bicyclic) bond motifs is 5. The molecule has 2 aromatic carbocycles. The summed E-state index contributed by atoms with van der Waals surface area (Å²) in [5.74, 6) is -4.19. The van der Waals surface area contributed by atoms with Crippen LogP contribution in [0.3, 0.4) is 0 Å². The van der Waals surface area contributed by atoms with Gasteiger partial charge in [-0.25, -0.2) is 24.0 Å². The van der Waals surface area contributed by atoms with E-state index in [9.17, 15) is 58.2 Å². The average molecular weight is 1240 g/mol. The molecule has 4 bridgehead atoms. The number of carbonyl (C=O) groups excluding carboxylic acids is 10. The van der Waals surface area contributed by atoms with Crippen LogP contribution in [0.25, 0.3) is 11.1 Å². The molecule has 0 fully saturated rings. The fraction of sp³-hybridized carbons (Fsp3) is 0.639. The van der Waals surface area contributed by atoms with Crippen molar-refractivity contribution in [1.82, 2.24) is 53.2 Å². The smallest absolute Gasteiger partial charge is 0.408 e. The number of benzene rings is 2. The lowest BCUT2D eigenvalue weighted by Gasteiger charge is -2.28. The van der Waals surface area contributed by atoms with Gasteiger partial charge in [-0.1, -0.05) is 30.3 Å². The van der Waals surface area contributed by atoms with Crippen molar-refractivity contribution in [3.8, 4) is 16.9 Å². The minimum absolute atomic E-state index is 0.00784. The molecule has 0 saturated heterocycles. The van der Waals surface area contributed by atoms with Gasteiger partial charge in [-0.2, -0.15) is 0 Å². The molecule has 3 rings (SSSR count). The molecule has 1 aliphatic heterocycles.